The minimum atomic E-state index is -3.95. The third kappa shape index (κ3) is 11.1. The van der Waals surface area contributed by atoms with Gasteiger partial charge in [-0.2, -0.15) is 4.31 Å². The van der Waals surface area contributed by atoms with Crippen LogP contribution in [0, 0.1) is 18.3 Å². The van der Waals surface area contributed by atoms with Gasteiger partial charge in [0.2, 0.25) is 15.9 Å². The van der Waals surface area contributed by atoms with Crippen molar-refractivity contribution in [2.75, 3.05) is 72.2 Å². The number of carbonyl (C=O) groups excluding carboxylic acids is 1. The van der Waals surface area contributed by atoms with Gasteiger partial charge in [-0.25, -0.2) is 8.42 Å². The van der Waals surface area contributed by atoms with Gasteiger partial charge in [-0.05, 0) is 67.1 Å². The van der Waals surface area contributed by atoms with Gasteiger partial charge >= 0.3 is 0 Å². The maximum absolute atomic E-state index is 14.6. The van der Waals surface area contributed by atoms with Gasteiger partial charge in [0.25, 0.3) is 0 Å². The summed E-state index contributed by atoms with van der Waals surface area (Å²) in [4.78, 5) is 15.7. The molecule has 1 N–H and O–H groups in total. The summed E-state index contributed by atoms with van der Waals surface area (Å²) >= 11 is 0. The first-order chi connectivity index (χ1) is 26.4. The van der Waals surface area contributed by atoms with Gasteiger partial charge in [-0.3, -0.25) is 4.79 Å². The van der Waals surface area contributed by atoms with Crippen LogP contribution < -0.4 is 15.0 Å². The van der Waals surface area contributed by atoms with Crippen LogP contribution in [0.3, 0.4) is 0 Å². The molecule has 2 aliphatic rings. The van der Waals surface area contributed by atoms with Gasteiger partial charge in [-0.15, -0.1) is 0 Å². The van der Waals surface area contributed by atoms with Crippen molar-refractivity contribution >= 4 is 21.6 Å². The Morgan fingerprint density at radius 1 is 0.982 bits per heavy atom. The number of hydrogen-bond acceptors (Lipinski definition) is 9. The predicted molar refractivity (Wildman–Crippen MR) is 215 cm³/mol. The average Bonchev–Trinajstić information content (AvgIpc) is 3.17. The number of amides is 1. The Kier molecular flexibility index (Phi) is 15.2. The molecule has 0 radical (unpaired) electrons. The van der Waals surface area contributed by atoms with Crippen LogP contribution in [-0.4, -0.2) is 98.1 Å². The number of rotatable bonds is 19. The Labute approximate surface area is 328 Å². The van der Waals surface area contributed by atoms with E-state index >= 15 is 0 Å². The van der Waals surface area contributed by atoms with E-state index in [1.165, 1.54) is 0 Å². The van der Waals surface area contributed by atoms with Gasteiger partial charge in [-0.1, -0.05) is 68.8 Å². The molecule has 302 valence electrons. The Bertz CT molecular complexity index is 1780. The zero-order valence-corrected chi connectivity index (χ0v) is 34.5. The van der Waals surface area contributed by atoms with Gasteiger partial charge in [0.15, 0.2) is 0 Å². The summed E-state index contributed by atoms with van der Waals surface area (Å²) in [7, 11) is 1.08. The Morgan fingerprint density at radius 3 is 2.40 bits per heavy atom. The first kappa shape index (κ1) is 42.6. The molecular weight excluding hydrogens is 719 g/mol. The smallest absolute Gasteiger partial charge is 0.243 e. The van der Waals surface area contributed by atoms with Crippen LogP contribution in [-0.2, 0) is 47.0 Å². The molecule has 0 bridgehead atoms. The molecule has 1 unspecified atom stereocenters. The SMILES string of the molecule is CNC(=O)C(C)(C)C[C@H]1C[C@H](c2ccc(COCC(C)COC)cc2)[C@@H](OCc2ccc3c(c2)N(CCCOC)CCO3)CN1S(=O)(=O)c1ccc(C)cc1. The van der Waals surface area contributed by atoms with Crippen LogP contribution in [0.5, 0.6) is 5.75 Å². The van der Waals surface area contributed by atoms with Gasteiger partial charge in [0.05, 0.1) is 49.7 Å². The van der Waals surface area contributed by atoms with E-state index < -0.39 is 27.6 Å². The van der Waals surface area contributed by atoms with Crippen LogP contribution in [0.2, 0.25) is 0 Å². The molecule has 1 saturated heterocycles. The normalized spacial score (nSPS) is 19.8. The van der Waals surface area contributed by atoms with Gasteiger partial charge in [0, 0.05) is 64.3 Å². The number of hydrogen-bond donors (Lipinski definition) is 1. The molecule has 2 heterocycles. The summed E-state index contributed by atoms with van der Waals surface area (Å²) in [5.74, 6) is 0.864. The predicted octanol–water partition coefficient (Wildman–Crippen LogP) is 6.32. The van der Waals surface area contributed by atoms with Crippen molar-refractivity contribution < 1.29 is 36.9 Å². The third-order valence-electron chi connectivity index (χ3n) is 10.7. The molecule has 4 atom stereocenters. The van der Waals surface area contributed by atoms with E-state index in [9.17, 15) is 13.2 Å². The molecule has 0 spiro atoms. The molecule has 11 nitrogen and oxygen atoms in total. The van der Waals surface area contributed by atoms with Gasteiger partial charge < -0.3 is 33.9 Å². The highest BCUT2D eigenvalue weighted by atomic mass is 32.2. The lowest BCUT2D eigenvalue weighted by molar-refractivity contribution is -0.130. The maximum Gasteiger partial charge on any atom is 0.243 e. The Morgan fingerprint density at radius 2 is 1.71 bits per heavy atom. The number of carbonyl (C=O) groups is 1. The number of fused-ring (bicyclic) bond motifs is 1. The quantitative estimate of drug-likeness (QED) is 0.140. The summed E-state index contributed by atoms with van der Waals surface area (Å²) in [6.07, 6.45) is 1.26. The maximum atomic E-state index is 14.6. The van der Waals surface area contributed by atoms with Gasteiger partial charge in [0.1, 0.15) is 12.4 Å². The monoisotopic (exact) mass is 779 g/mol. The van der Waals surface area contributed by atoms with E-state index in [0.29, 0.717) is 58.4 Å². The van der Waals surface area contributed by atoms with E-state index in [0.717, 1.165) is 53.2 Å². The first-order valence-corrected chi connectivity index (χ1v) is 20.9. The molecule has 3 aromatic rings. The second-order valence-corrected chi connectivity index (χ2v) is 17.6. The molecule has 1 amide bonds. The zero-order chi connectivity index (χ0) is 39.6. The topological polar surface area (TPSA) is 116 Å². The summed E-state index contributed by atoms with van der Waals surface area (Å²) in [5, 5.41) is 2.78. The van der Waals surface area contributed by atoms with Crippen molar-refractivity contribution in [3.63, 3.8) is 0 Å². The molecule has 55 heavy (non-hydrogen) atoms. The van der Waals surface area contributed by atoms with Crippen molar-refractivity contribution in [2.24, 2.45) is 11.3 Å². The zero-order valence-electron chi connectivity index (χ0n) is 33.7. The second kappa shape index (κ2) is 19.6. The van der Waals surface area contributed by atoms with Crippen LogP contribution in [0.4, 0.5) is 5.69 Å². The van der Waals surface area contributed by atoms with E-state index in [-0.39, 0.29) is 23.3 Å². The minimum absolute atomic E-state index is 0.132. The third-order valence-corrected chi connectivity index (χ3v) is 12.6. The lowest BCUT2D eigenvalue weighted by Gasteiger charge is -2.45. The van der Waals surface area contributed by atoms with Crippen LogP contribution in [0.15, 0.2) is 71.6 Å². The number of nitrogens with zero attached hydrogens (tertiary/aromatic N) is 2. The van der Waals surface area contributed by atoms with Crippen molar-refractivity contribution in [2.45, 2.75) is 83.1 Å². The molecule has 3 aromatic carbocycles. The number of ether oxygens (including phenoxy) is 5. The Hall–Kier alpha value is -3.52. The number of methoxy groups -OCH3 is 2. The highest BCUT2D eigenvalue weighted by Gasteiger charge is 2.45. The fourth-order valence-electron chi connectivity index (χ4n) is 7.70. The number of anilines is 1. The fraction of sp³-hybridized carbons (Fsp3) is 0.558. The van der Waals surface area contributed by atoms with Crippen molar-refractivity contribution in [1.82, 2.24) is 9.62 Å². The van der Waals surface area contributed by atoms with E-state index in [1.54, 1.807) is 37.7 Å². The highest BCUT2D eigenvalue weighted by Crippen LogP contribution is 2.41. The second-order valence-electron chi connectivity index (χ2n) is 15.7. The summed E-state index contributed by atoms with van der Waals surface area (Å²) < 4.78 is 60.0. The highest BCUT2D eigenvalue weighted by molar-refractivity contribution is 7.89. The largest absolute Gasteiger partial charge is 0.490 e. The van der Waals surface area contributed by atoms with Crippen molar-refractivity contribution in [3.05, 3.63) is 89.0 Å². The summed E-state index contributed by atoms with van der Waals surface area (Å²) in [6, 6.07) is 21.0. The number of aryl methyl sites for hydroxylation is 1. The molecule has 0 saturated carbocycles. The average molecular weight is 780 g/mol. The molecule has 2 aliphatic heterocycles. The number of piperidine rings is 1. The lowest BCUT2D eigenvalue weighted by atomic mass is 9.77. The fourth-order valence-corrected chi connectivity index (χ4v) is 9.34. The molecule has 0 aliphatic carbocycles. The summed E-state index contributed by atoms with van der Waals surface area (Å²) in [5.41, 5.74) is 4.26. The van der Waals surface area contributed by atoms with E-state index in [1.807, 2.05) is 45.0 Å². The van der Waals surface area contributed by atoms with E-state index in [4.69, 9.17) is 23.7 Å². The van der Waals surface area contributed by atoms with Crippen LogP contribution in [0.1, 0.15) is 68.2 Å². The van der Waals surface area contributed by atoms with Crippen molar-refractivity contribution in [1.29, 1.82) is 0 Å². The first-order valence-electron chi connectivity index (χ1n) is 19.4. The number of nitrogens with one attached hydrogen (secondary N) is 1. The van der Waals surface area contributed by atoms with Crippen molar-refractivity contribution in [3.8, 4) is 5.75 Å². The number of sulfonamides is 1. The van der Waals surface area contributed by atoms with E-state index in [2.05, 4.69) is 47.5 Å². The molecule has 5 rings (SSSR count). The molecule has 12 heteroatoms. The molecule has 0 aromatic heterocycles. The Balaban J connectivity index is 1.46. The minimum Gasteiger partial charge on any atom is -0.490 e. The molecular formula is C43H61N3O8S. The number of benzene rings is 3. The lowest BCUT2D eigenvalue weighted by Crippen LogP contribution is -2.54. The molecule has 1 fully saturated rings. The standard InChI is InChI=1S/C43H61N3O8S/c1-31-9-16-37(17-10-31)55(48,49)46-26-41(54-30-34-13-18-40-39(23-34)45(20-22-53-40)19-8-21-50-6)38(24-36(46)25-43(3,4)42(47)44-5)35-14-11-33(12-15-35)29-52-28-32(2)27-51-7/h9-18,23,32,36,38,41H,8,19-22,24-30H2,1-7H3,(H,44,47)/t32?,36-,38-,41+/m1/s1. The van der Waals surface area contributed by atoms with Crippen LogP contribution >= 0.6 is 0 Å². The summed E-state index contributed by atoms with van der Waals surface area (Å²) in [6.45, 7) is 12.9. The van der Waals surface area contributed by atoms with Crippen LogP contribution in [0.25, 0.3) is 0 Å².